The van der Waals surface area contributed by atoms with Crippen molar-refractivity contribution in [1.82, 2.24) is 5.32 Å². The highest BCUT2D eigenvalue weighted by molar-refractivity contribution is 9.10. The molecular formula is C16H17BrClN. The van der Waals surface area contributed by atoms with Gasteiger partial charge in [0, 0.05) is 22.1 Å². The molecule has 19 heavy (non-hydrogen) atoms. The Balaban J connectivity index is 2.00. The lowest BCUT2D eigenvalue weighted by Gasteiger charge is -2.15. The minimum Gasteiger partial charge on any atom is -0.306 e. The fraction of sp³-hybridized carbons (Fsp3) is 0.250. The standard InChI is InChI=1S/C16H17BrClN/c1-11-6-7-13(8-16(11)18)10-19-12(2)14-4-3-5-15(17)9-14/h3-9,12,19H,10H2,1-2H3/t12-/m1/s1. The van der Waals surface area contributed by atoms with Crippen molar-refractivity contribution in [3.05, 3.63) is 68.7 Å². The zero-order valence-electron chi connectivity index (χ0n) is 11.1. The third-order valence-corrected chi connectivity index (χ3v) is 4.10. The van der Waals surface area contributed by atoms with E-state index in [1.54, 1.807) is 0 Å². The fourth-order valence-electron chi connectivity index (χ4n) is 1.91. The average Bonchev–Trinajstić information content (AvgIpc) is 2.40. The molecule has 0 amide bonds. The van der Waals surface area contributed by atoms with Crippen molar-refractivity contribution in [3.8, 4) is 0 Å². The van der Waals surface area contributed by atoms with Crippen LogP contribution in [0, 0.1) is 6.92 Å². The lowest BCUT2D eigenvalue weighted by Crippen LogP contribution is -2.18. The van der Waals surface area contributed by atoms with Crippen LogP contribution in [0.5, 0.6) is 0 Å². The molecule has 0 spiro atoms. The number of nitrogens with one attached hydrogen (secondary N) is 1. The Morgan fingerprint density at radius 3 is 2.68 bits per heavy atom. The van der Waals surface area contributed by atoms with Crippen molar-refractivity contribution in [2.75, 3.05) is 0 Å². The zero-order valence-corrected chi connectivity index (χ0v) is 13.4. The molecule has 1 N–H and O–H groups in total. The van der Waals surface area contributed by atoms with Crippen molar-refractivity contribution in [2.24, 2.45) is 0 Å². The Morgan fingerprint density at radius 2 is 2.00 bits per heavy atom. The van der Waals surface area contributed by atoms with E-state index in [4.69, 9.17) is 11.6 Å². The van der Waals surface area contributed by atoms with Gasteiger partial charge in [-0.25, -0.2) is 0 Å². The first kappa shape index (κ1) is 14.6. The SMILES string of the molecule is Cc1ccc(CN[C@H](C)c2cccc(Br)c2)cc1Cl. The van der Waals surface area contributed by atoms with E-state index in [-0.39, 0.29) is 0 Å². The lowest BCUT2D eigenvalue weighted by molar-refractivity contribution is 0.574. The lowest BCUT2D eigenvalue weighted by atomic mass is 10.1. The molecule has 0 radical (unpaired) electrons. The Bertz CT molecular complexity index is 568. The van der Waals surface area contributed by atoms with Gasteiger partial charge in [-0.2, -0.15) is 0 Å². The van der Waals surface area contributed by atoms with Gasteiger partial charge < -0.3 is 5.32 Å². The number of benzene rings is 2. The first-order valence-corrected chi connectivity index (χ1v) is 7.47. The Hall–Kier alpha value is -0.830. The molecule has 1 nitrogen and oxygen atoms in total. The molecule has 0 saturated carbocycles. The summed E-state index contributed by atoms with van der Waals surface area (Å²) in [5.74, 6) is 0. The van der Waals surface area contributed by atoms with Crippen molar-refractivity contribution < 1.29 is 0 Å². The summed E-state index contributed by atoms with van der Waals surface area (Å²) in [6.45, 7) is 4.99. The van der Waals surface area contributed by atoms with E-state index in [0.29, 0.717) is 6.04 Å². The Kier molecular flexibility index (Phi) is 5.03. The smallest absolute Gasteiger partial charge is 0.0438 e. The number of hydrogen-bond donors (Lipinski definition) is 1. The summed E-state index contributed by atoms with van der Waals surface area (Å²) >= 11 is 9.63. The van der Waals surface area contributed by atoms with Crippen LogP contribution in [0.25, 0.3) is 0 Å². The molecule has 0 heterocycles. The van der Waals surface area contributed by atoms with Gasteiger partial charge in [0.1, 0.15) is 0 Å². The van der Waals surface area contributed by atoms with E-state index in [1.807, 2.05) is 19.1 Å². The molecule has 0 saturated heterocycles. The molecule has 0 bridgehead atoms. The minimum absolute atomic E-state index is 0.303. The van der Waals surface area contributed by atoms with Crippen LogP contribution in [0.3, 0.4) is 0 Å². The quantitative estimate of drug-likeness (QED) is 0.801. The summed E-state index contributed by atoms with van der Waals surface area (Å²) in [6.07, 6.45) is 0. The van der Waals surface area contributed by atoms with Gasteiger partial charge in [0.15, 0.2) is 0 Å². The van der Waals surface area contributed by atoms with Crippen LogP contribution >= 0.6 is 27.5 Å². The molecule has 2 aromatic carbocycles. The molecule has 0 aliphatic rings. The zero-order chi connectivity index (χ0) is 13.8. The molecule has 3 heteroatoms. The van der Waals surface area contributed by atoms with Gasteiger partial charge in [-0.1, -0.05) is 51.8 Å². The molecule has 0 unspecified atom stereocenters. The van der Waals surface area contributed by atoms with Crippen LogP contribution in [0.1, 0.15) is 29.7 Å². The van der Waals surface area contributed by atoms with Gasteiger partial charge in [0.05, 0.1) is 0 Å². The van der Waals surface area contributed by atoms with Crippen LogP contribution in [-0.4, -0.2) is 0 Å². The molecule has 1 atom stereocenters. The molecule has 100 valence electrons. The van der Waals surface area contributed by atoms with Crippen LogP contribution in [0.15, 0.2) is 46.9 Å². The van der Waals surface area contributed by atoms with E-state index in [9.17, 15) is 0 Å². The summed E-state index contributed by atoms with van der Waals surface area (Å²) in [6, 6.07) is 14.9. The highest BCUT2D eigenvalue weighted by atomic mass is 79.9. The van der Waals surface area contributed by atoms with E-state index in [2.05, 4.69) is 58.5 Å². The highest BCUT2D eigenvalue weighted by Gasteiger charge is 2.05. The molecule has 2 aromatic rings. The fourth-order valence-corrected chi connectivity index (χ4v) is 2.53. The Morgan fingerprint density at radius 1 is 1.21 bits per heavy atom. The Labute approximate surface area is 128 Å². The molecule has 0 fully saturated rings. The van der Waals surface area contributed by atoms with Gasteiger partial charge in [-0.05, 0) is 48.7 Å². The third kappa shape index (κ3) is 4.07. The van der Waals surface area contributed by atoms with E-state index >= 15 is 0 Å². The van der Waals surface area contributed by atoms with Gasteiger partial charge >= 0.3 is 0 Å². The molecule has 0 aromatic heterocycles. The van der Waals surface area contributed by atoms with Crippen LogP contribution in [-0.2, 0) is 6.54 Å². The number of hydrogen-bond acceptors (Lipinski definition) is 1. The summed E-state index contributed by atoms with van der Waals surface area (Å²) in [5.41, 5.74) is 3.59. The van der Waals surface area contributed by atoms with Gasteiger partial charge in [-0.15, -0.1) is 0 Å². The molecular weight excluding hydrogens is 322 g/mol. The second kappa shape index (κ2) is 6.56. The van der Waals surface area contributed by atoms with Crippen LogP contribution < -0.4 is 5.32 Å². The maximum Gasteiger partial charge on any atom is 0.0438 e. The summed E-state index contributed by atoms with van der Waals surface area (Å²) < 4.78 is 1.11. The second-order valence-electron chi connectivity index (χ2n) is 4.74. The molecule has 0 aliphatic heterocycles. The normalized spacial score (nSPS) is 12.4. The van der Waals surface area contributed by atoms with E-state index in [1.165, 1.54) is 11.1 Å². The average molecular weight is 339 g/mol. The number of halogens is 2. The second-order valence-corrected chi connectivity index (χ2v) is 6.06. The maximum atomic E-state index is 6.13. The van der Waals surface area contributed by atoms with E-state index in [0.717, 1.165) is 21.6 Å². The number of aryl methyl sites for hydroxylation is 1. The number of rotatable bonds is 4. The van der Waals surface area contributed by atoms with Crippen LogP contribution in [0.2, 0.25) is 5.02 Å². The van der Waals surface area contributed by atoms with Gasteiger partial charge in [0.2, 0.25) is 0 Å². The summed E-state index contributed by atoms with van der Waals surface area (Å²) in [4.78, 5) is 0. The third-order valence-electron chi connectivity index (χ3n) is 3.20. The summed E-state index contributed by atoms with van der Waals surface area (Å²) in [7, 11) is 0. The minimum atomic E-state index is 0.303. The van der Waals surface area contributed by atoms with Crippen molar-refractivity contribution in [1.29, 1.82) is 0 Å². The van der Waals surface area contributed by atoms with Crippen molar-refractivity contribution in [3.63, 3.8) is 0 Å². The van der Waals surface area contributed by atoms with Crippen molar-refractivity contribution >= 4 is 27.5 Å². The first-order valence-electron chi connectivity index (χ1n) is 6.30. The maximum absolute atomic E-state index is 6.13. The summed E-state index contributed by atoms with van der Waals surface area (Å²) in [5, 5.41) is 4.34. The molecule has 0 aliphatic carbocycles. The van der Waals surface area contributed by atoms with E-state index < -0.39 is 0 Å². The monoisotopic (exact) mass is 337 g/mol. The molecule has 2 rings (SSSR count). The van der Waals surface area contributed by atoms with Gasteiger partial charge in [0.25, 0.3) is 0 Å². The first-order chi connectivity index (χ1) is 9.06. The predicted molar refractivity (Wildman–Crippen MR) is 85.6 cm³/mol. The topological polar surface area (TPSA) is 12.0 Å². The predicted octanol–water partition coefficient (Wildman–Crippen LogP) is 5.26. The van der Waals surface area contributed by atoms with Crippen molar-refractivity contribution in [2.45, 2.75) is 26.4 Å². The van der Waals surface area contributed by atoms with Gasteiger partial charge in [-0.3, -0.25) is 0 Å². The largest absolute Gasteiger partial charge is 0.306 e. The van der Waals surface area contributed by atoms with Crippen LogP contribution in [0.4, 0.5) is 0 Å². The highest BCUT2D eigenvalue weighted by Crippen LogP contribution is 2.20.